The molecule has 0 unspecified atom stereocenters. The first-order valence-corrected chi connectivity index (χ1v) is 8.36. The zero-order valence-electron chi connectivity index (χ0n) is 12.9. The Balaban J connectivity index is 1.73. The molecule has 1 aliphatic rings. The molecule has 0 N–H and O–H groups in total. The van der Waals surface area contributed by atoms with E-state index in [1.165, 1.54) is 6.07 Å². The number of rotatable bonds is 4. The van der Waals surface area contributed by atoms with Gasteiger partial charge in [-0.25, -0.2) is 4.39 Å². The second kappa shape index (κ2) is 6.38. The first-order chi connectivity index (χ1) is 10.5. The van der Waals surface area contributed by atoms with Crippen molar-refractivity contribution in [2.45, 2.75) is 43.8 Å². The van der Waals surface area contributed by atoms with E-state index in [9.17, 15) is 4.39 Å². The van der Waals surface area contributed by atoms with Crippen molar-refractivity contribution in [3.8, 4) is 11.4 Å². The van der Waals surface area contributed by atoms with Crippen molar-refractivity contribution in [3.63, 3.8) is 0 Å². The van der Waals surface area contributed by atoms with E-state index in [0.29, 0.717) is 28.1 Å². The summed E-state index contributed by atoms with van der Waals surface area (Å²) in [6, 6.07) is 4.96. The largest absolute Gasteiger partial charge is 0.377 e. The SMILES string of the molecule is Cc1ccc(-c2noc([C@H](C)S[C@H]3CCO[C@@H]3C)n2)cc1F. The molecule has 118 valence electrons. The average molecular weight is 322 g/mol. The molecule has 3 rings (SSSR count). The third-order valence-electron chi connectivity index (χ3n) is 3.91. The molecule has 4 nitrogen and oxygen atoms in total. The topological polar surface area (TPSA) is 48.2 Å². The summed E-state index contributed by atoms with van der Waals surface area (Å²) in [5.74, 6) is 0.736. The summed E-state index contributed by atoms with van der Waals surface area (Å²) in [4.78, 5) is 4.41. The number of aryl methyl sites for hydroxylation is 1. The van der Waals surface area contributed by atoms with Crippen LogP contribution in [0.3, 0.4) is 0 Å². The second-order valence-corrected chi connectivity index (χ2v) is 7.19. The second-order valence-electron chi connectivity index (χ2n) is 5.60. The molecule has 0 spiro atoms. The molecule has 1 aromatic heterocycles. The van der Waals surface area contributed by atoms with Crippen molar-refractivity contribution in [1.29, 1.82) is 0 Å². The van der Waals surface area contributed by atoms with Crippen LogP contribution >= 0.6 is 11.8 Å². The van der Waals surface area contributed by atoms with Gasteiger partial charge in [0.15, 0.2) is 0 Å². The van der Waals surface area contributed by atoms with E-state index in [4.69, 9.17) is 9.26 Å². The van der Waals surface area contributed by atoms with Gasteiger partial charge >= 0.3 is 0 Å². The molecule has 1 saturated heterocycles. The minimum absolute atomic E-state index is 0.0886. The van der Waals surface area contributed by atoms with Gasteiger partial charge in [0.05, 0.1) is 11.4 Å². The van der Waals surface area contributed by atoms with Gasteiger partial charge in [0.1, 0.15) is 5.82 Å². The number of hydrogen-bond donors (Lipinski definition) is 0. The molecule has 0 bridgehead atoms. The fourth-order valence-electron chi connectivity index (χ4n) is 2.46. The molecule has 1 fully saturated rings. The van der Waals surface area contributed by atoms with Crippen molar-refractivity contribution >= 4 is 11.8 Å². The van der Waals surface area contributed by atoms with E-state index in [1.54, 1.807) is 30.8 Å². The summed E-state index contributed by atoms with van der Waals surface area (Å²) in [5.41, 5.74) is 1.24. The maximum atomic E-state index is 13.6. The predicted molar refractivity (Wildman–Crippen MR) is 84.3 cm³/mol. The maximum Gasteiger partial charge on any atom is 0.239 e. The normalized spacial score (nSPS) is 22.9. The highest BCUT2D eigenvalue weighted by Gasteiger charge is 2.28. The minimum atomic E-state index is -0.261. The molecular weight excluding hydrogens is 303 g/mol. The lowest BCUT2D eigenvalue weighted by Gasteiger charge is -2.16. The van der Waals surface area contributed by atoms with Crippen LogP contribution in [-0.4, -0.2) is 28.1 Å². The quantitative estimate of drug-likeness (QED) is 0.846. The number of thioether (sulfide) groups is 1. The minimum Gasteiger partial charge on any atom is -0.377 e. The number of halogens is 1. The Labute approximate surface area is 133 Å². The van der Waals surface area contributed by atoms with Crippen LogP contribution in [0.25, 0.3) is 11.4 Å². The number of nitrogens with zero attached hydrogens (tertiary/aromatic N) is 2. The number of benzene rings is 1. The van der Waals surface area contributed by atoms with Crippen molar-refractivity contribution in [2.75, 3.05) is 6.61 Å². The van der Waals surface area contributed by atoms with Gasteiger partial charge in [0.2, 0.25) is 11.7 Å². The highest BCUT2D eigenvalue weighted by molar-refractivity contribution is 8.00. The van der Waals surface area contributed by atoms with Crippen LogP contribution in [0.1, 0.15) is 37.0 Å². The lowest BCUT2D eigenvalue weighted by molar-refractivity contribution is 0.127. The Morgan fingerprint density at radius 1 is 1.41 bits per heavy atom. The summed E-state index contributed by atoms with van der Waals surface area (Å²) in [6.45, 7) is 6.67. The molecule has 3 atom stereocenters. The molecule has 0 saturated carbocycles. The van der Waals surface area contributed by atoms with Gasteiger partial charge in [-0.2, -0.15) is 4.98 Å². The summed E-state index contributed by atoms with van der Waals surface area (Å²) in [7, 11) is 0. The van der Waals surface area contributed by atoms with Gasteiger partial charge in [0.25, 0.3) is 0 Å². The lowest BCUT2D eigenvalue weighted by Crippen LogP contribution is -2.14. The molecule has 1 aliphatic heterocycles. The molecule has 0 amide bonds. The molecule has 22 heavy (non-hydrogen) atoms. The monoisotopic (exact) mass is 322 g/mol. The third-order valence-corrected chi connectivity index (χ3v) is 5.48. The van der Waals surface area contributed by atoms with Crippen LogP contribution in [0.15, 0.2) is 22.7 Å². The fraction of sp³-hybridized carbons (Fsp3) is 0.500. The van der Waals surface area contributed by atoms with E-state index in [-0.39, 0.29) is 17.2 Å². The van der Waals surface area contributed by atoms with Gasteiger partial charge < -0.3 is 9.26 Å². The van der Waals surface area contributed by atoms with Gasteiger partial charge in [-0.3, -0.25) is 0 Å². The van der Waals surface area contributed by atoms with Crippen LogP contribution in [0, 0.1) is 12.7 Å². The molecule has 2 aromatic rings. The average Bonchev–Trinajstić information content (AvgIpc) is 3.12. The van der Waals surface area contributed by atoms with Crippen LogP contribution in [0.4, 0.5) is 4.39 Å². The smallest absolute Gasteiger partial charge is 0.239 e. The lowest BCUT2D eigenvalue weighted by atomic mass is 10.1. The summed E-state index contributed by atoms with van der Waals surface area (Å²) in [5, 5.41) is 4.51. The Bertz CT molecular complexity index is 661. The Morgan fingerprint density at radius 3 is 2.91 bits per heavy atom. The molecule has 0 aliphatic carbocycles. The van der Waals surface area contributed by atoms with Crippen LogP contribution < -0.4 is 0 Å². The molecule has 0 radical (unpaired) electrons. The van der Waals surface area contributed by atoms with E-state index in [1.807, 2.05) is 6.92 Å². The maximum absolute atomic E-state index is 13.6. The van der Waals surface area contributed by atoms with E-state index < -0.39 is 0 Å². The molecule has 6 heteroatoms. The highest BCUT2D eigenvalue weighted by Crippen LogP contribution is 2.37. The Morgan fingerprint density at radius 2 is 2.23 bits per heavy atom. The Hall–Kier alpha value is -1.40. The standard InChI is InChI=1S/C16H19FN2O2S/c1-9-4-5-12(8-13(9)17)15-18-16(21-19-15)11(3)22-14-6-7-20-10(14)2/h4-5,8,10-11,14H,6-7H2,1-3H3/t10-,11+,14+/m1/s1. The number of aromatic nitrogens is 2. The first-order valence-electron chi connectivity index (χ1n) is 7.42. The summed E-state index contributed by atoms with van der Waals surface area (Å²) >= 11 is 1.79. The molecular formula is C16H19FN2O2S. The van der Waals surface area contributed by atoms with Crippen LogP contribution in [0.2, 0.25) is 0 Å². The zero-order chi connectivity index (χ0) is 15.7. The summed E-state index contributed by atoms with van der Waals surface area (Å²) in [6.07, 6.45) is 1.29. The molecule has 2 heterocycles. The van der Waals surface area contributed by atoms with Crippen molar-refractivity contribution < 1.29 is 13.7 Å². The highest BCUT2D eigenvalue weighted by atomic mass is 32.2. The van der Waals surface area contributed by atoms with Crippen molar-refractivity contribution in [3.05, 3.63) is 35.5 Å². The Kier molecular flexibility index (Phi) is 4.49. The van der Waals surface area contributed by atoms with Crippen molar-refractivity contribution in [1.82, 2.24) is 10.1 Å². The van der Waals surface area contributed by atoms with Crippen molar-refractivity contribution in [2.24, 2.45) is 0 Å². The van der Waals surface area contributed by atoms with E-state index >= 15 is 0 Å². The number of hydrogen-bond acceptors (Lipinski definition) is 5. The first kappa shape index (κ1) is 15.5. The summed E-state index contributed by atoms with van der Waals surface area (Å²) < 4.78 is 24.6. The van der Waals surface area contributed by atoms with Gasteiger partial charge in [-0.05, 0) is 38.8 Å². The van der Waals surface area contributed by atoms with Gasteiger partial charge in [-0.15, -0.1) is 11.8 Å². The van der Waals surface area contributed by atoms with Crippen LogP contribution in [-0.2, 0) is 4.74 Å². The number of ether oxygens (including phenoxy) is 1. The molecule has 1 aromatic carbocycles. The zero-order valence-corrected chi connectivity index (χ0v) is 13.7. The third kappa shape index (κ3) is 3.17. The fourth-order valence-corrected chi connectivity index (χ4v) is 3.73. The van der Waals surface area contributed by atoms with Gasteiger partial charge in [0, 0.05) is 17.4 Å². The van der Waals surface area contributed by atoms with Crippen LogP contribution in [0.5, 0.6) is 0 Å². The van der Waals surface area contributed by atoms with E-state index in [2.05, 4.69) is 17.1 Å². The predicted octanol–water partition coefficient (Wildman–Crippen LogP) is 4.16. The van der Waals surface area contributed by atoms with Gasteiger partial charge in [-0.1, -0.05) is 17.3 Å². The van der Waals surface area contributed by atoms with E-state index in [0.717, 1.165) is 13.0 Å².